The van der Waals surface area contributed by atoms with Crippen molar-refractivity contribution in [3.8, 4) is 11.1 Å². The van der Waals surface area contributed by atoms with E-state index in [0.717, 1.165) is 22.4 Å². The zero-order valence-corrected chi connectivity index (χ0v) is 16.7. The van der Waals surface area contributed by atoms with Crippen LogP contribution in [0.15, 0.2) is 36.5 Å². The summed E-state index contributed by atoms with van der Waals surface area (Å²) in [7, 11) is 1.91. The van der Waals surface area contributed by atoms with Gasteiger partial charge < -0.3 is 15.7 Å². The van der Waals surface area contributed by atoms with Crippen molar-refractivity contribution in [3.05, 3.63) is 42.1 Å². The van der Waals surface area contributed by atoms with Crippen LogP contribution in [-0.4, -0.2) is 46.6 Å². The molecule has 3 rings (SSSR count). The quantitative estimate of drug-likeness (QED) is 0.789. The fourth-order valence-corrected chi connectivity index (χ4v) is 4.16. The van der Waals surface area contributed by atoms with E-state index in [1.165, 1.54) is 4.90 Å². The monoisotopic (exact) mass is 383 g/mol. The van der Waals surface area contributed by atoms with Gasteiger partial charge in [-0.3, -0.25) is 0 Å². The van der Waals surface area contributed by atoms with E-state index < -0.39 is 6.09 Å². The summed E-state index contributed by atoms with van der Waals surface area (Å²) >= 11 is 0. The number of anilines is 1. The Kier molecular flexibility index (Phi) is 5.12. The third kappa shape index (κ3) is 3.11. The maximum absolute atomic E-state index is 12.6. The second-order valence-corrected chi connectivity index (χ2v) is 7.51. The highest BCUT2D eigenvalue weighted by atomic mass is 16.4. The summed E-state index contributed by atoms with van der Waals surface area (Å²) < 4.78 is 0.156. The zero-order chi connectivity index (χ0) is 20.6. The molecule has 148 valence electrons. The number of carbonyl (C=O) groups excluding carboxylic acids is 1. The van der Waals surface area contributed by atoms with Gasteiger partial charge in [0.25, 0.3) is 0 Å². The number of rotatable bonds is 3. The Balaban J connectivity index is 2.21. The predicted molar refractivity (Wildman–Crippen MR) is 110 cm³/mol. The Morgan fingerprint density at radius 2 is 1.96 bits per heavy atom. The number of pyridine rings is 1. The lowest BCUT2D eigenvalue weighted by atomic mass is 9.86. The van der Waals surface area contributed by atoms with E-state index in [2.05, 4.69) is 4.98 Å². The van der Waals surface area contributed by atoms with Crippen molar-refractivity contribution in [2.24, 2.45) is 0 Å². The first-order valence-corrected chi connectivity index (χ1v) is 9.43. The number of benzene rings is 1. The number of fused-ring (bicyclic) bond motifs is 1. The second-order valence-electron chi connectivity index (χ2n) is 7.51. The van der Waals surface area contributed by atoms with Gasteiger partial charge in [-0.25, -0.2) is 19.1 Å². The normalized spacial score (nSPS) is 23.7. The van der Waals surface area contributed by atoms with Gasteiger partial charge in [-0.05, 0) is 43.7 Å². The first-order valence-electron chi connectivity index (χ1n) is 9.43. The van der Waals surface area contributed by atoms with Crippen molar-refractivity contribution in [3.63, 3.8) is 0 Å². The van der Waals surface area contributed by atoms with Crippen LogP contribution in [0.2, 0.25) is 0 Å². The number of hydrogen-bond acceptors (Lipinski definition) is 4. The number of nitrogens with zero attached hydrogens (tertiary/aromatic N) is 3. The Bertz CT molecular complexity index is 912. The third-order valence-corrected chi connectivity index (χ3v) is 6.07. The number of carbonyl (C=O) groups is 2. The van der Waals surface area contributed by atoms with Crippen LogP contribution in [0.4, 0.5) is 16.3 Å². The summed E-state index contributed by atoms with van der Waals surface area (Å²) in [5.41, 5.74) is 9.22. The van der Waals surface area contributed by atoms with Crippen molar-refractivity contribution in [1.82, 2.24) is 14.4 Å². The molecule has 0 bridgehead atoms. The fraction of sp³-hybridized carbons (Fsp3) is 0.381. The van der Waals surface area contributed by atoms with Gasteiger partial charge in [0, 0.05) is 36.4 Å². The first-order chi connectivity index (χ1) is 13.2. The van der Waals surface area contributed by atoms with Crippen LogP contribution < -0.4 is 10.2 Å². The maximum atomic E-state index is 12.6. The molecule has 1 aromatic heterocycles. The molecule has 0 radical (unpaired) electrons. The Hall–Kier alpha value is -2.93. The molecule has 7 heteroatoms. The molecule has 1 unspecified atom stereocenters. The third-order valence-electron chi connectivity index (χ3n) is 6.07. The molecule has 3 N–H and O–H groups in total. The average molecular weight is 383 g/mol. The number of amides is 2. The molecule has 0 fully saturated rings. The van der Waals surface area contributed by atoms with E-state index >= 15 is 0 Å². The molecule has 3 atom stereocenters. The predicted octanol–water partition coefficient (Wildman–Crippen LogP) is 3.65. The molecule has 0 aliphatic carbocycles. The van der Waals surface area contributed by atoms with Gasteiger partial charge in [0.15, 0.2) is 0 Å². The number of quaternary nitrogens is 1. The lowest BCUT2D eigenvalue weighted by Gasteiger charge is -2.45. The first kappa shape index (κ1) is 19.8. The topological polar surface area (TPSA) is 96.5 Å². The highest BCUT2D eigenvalue weighted by Crippen LogP contribution is 2.45. The van der Waals surface area contributed by atoms with Crippen LogP contribution in [0.5, 0.6) is 0 Å². The van der Waals surface area contributed by atoms with E-state index in [0.29, 0.717) is 18.8 Å². The van der Waals surface area contributed by atoms with E-state index in [9.17, 15) is 14.7 Å². The molecule has 1 aliphatic rings. The van der Waals surface area contributed by atoms with Crippen LogP contribution in [-0.2, 0) is 4.79 Å². The molecule has 2 amide bonds. The van der Waals surface area contributed by atoms with Gasteiger partial charge in [0.05, 0.1) is 26.1 Å². The van der Waals surface area contributed by atoms with E-state index in [1.54, 1.807) is 19.2 Å². The molecular formula is C21H27N4O3+. The van der Waals surface area contributed by atoms with Crippen LogP contribution in [0.3, 0.4) is 0 Å². The van der Waals surface area contributed by atoms with Gasteiger partial charge in [0.2, 0.25) is 0 Å². The van der Waals surface area contributed by atoms with Crippen LogP contribution in [0, 0.1) is 0 Å². The average Bonchev–Trinajstić information content (AvgIpc) is 2.66. The highest BCUT2D eigenvalue weighted by molar-refractivity contribution is 5.89. The molecular weight excluding hydrogens is 356 g/mol. The number of nitrogen functional groups attached to an aromatic ring is 1. The lowest BCUT2D eigenvalue weighted by molar-refractivity contribution is -0.129. The summed E-state index contributed by atoms with van der Waals surface area (Å²) in [6.45, 7) is 5.81. The SMILES string of the molecule is CCN(C(=O)O)[C@@H]1C[C@H](C)[N+](C)(C(C)=O)c2ccc(-c3ccc(N)nc3)cc21. The van der Waals surface area contributed by atoms with Crippen molar-refractivity contribution < 1.29 is 14.7 Å². The van der Waals surface area contributed by atoms with Crippen molar-refractivity contribution in [2.45, 2.75) is 39.3 Å². The van der Waals surface area contributed by atoms with E-state index in [1.807, 2.05) is 45.2 Å². The summed E-state index contributed by atoms with van der Waals surface area (Å²) in [5, 5.41) is 9.72. The summed E-state index contributed by atoms with van der Waals surface area (Å²) in [4.78, 5) is 30.0. The van der Waals surface area contributed by atoms with Gasteiger partial charge in [-0.15, -0.1) is 0 Å². The Morgan fingerprint density at radius 3 is 2.50 bits per heavy atom. The Labute approximate surface area is 165 Å². The smallest absolute Gasteiger partial charge is 0.407 e. The minimum absolute atomic E-state index is 0.0347. The highest BCUT2D eigenvalue weighted by Gasteiger charge is 2.47. The van der Waals surface area contributed by atoms with Gasteiger partial charge >= 0.3 is 12.0 Å². The summed E-state index contributed by atoms with van der Waals surface area (Å²) in [6.07, 6.45) is 1.32. The second kappa shape index (κ2) is 7.24. The molecule has 7 nitrogen and oxygen atoms in total. The minimum atomic E-state index is -0.955. The molecule has 0 saturated carbocycles. The number of aromatic nitrogens is 1. The fourth-order valence-electron chi connectivity index (χ4n) is 4.16. The number of nitrogens with two attached hydrogens (primary N) is 1. The minimum Gasteiger partial charge on any atom is -0.465 e. The molecule has 1 aliphatic heterocycles. The molecule has 0 spiro atoms. The summed E-state index contributed by atoms with van der Waals surface area (Å²) in [6, 6.07) is 9.17. The van der Waals surface area contributed by atoms with Gasteiger partial charge in [-0.1, -0.05) is 0 Å². The van der Waals surface area contributed by atoms with Crippen molar-refractivity contribution in [1.29, 1.82) is 0 Å². The standard InChI is InChI=1S/C21H26N4O3/c1-5-24(21(27)28)18-10-13(2)25(4,14(3)26)19-8-6-15(11-17(18)19)16-7-9-20(22)23-12-16/h6-9,11-13,18H,5,10H2,1-4H3,(H2-,22,23,27,28)/p+1/t13-,18+,25?/m0/s1. The lowest BCUT2D eigenvalue weighted by Crippen LogP contribution is -2.60. The van der Waals surface area contributed by atoms with Crippen LogP contribution in [0.25, 0.3) is 11.1 Å². The molecule has 2 aromatic rings. The maximum Gasteiger partial charge on any atom is 0.407 e. The van der Waals surface area contributed by atoms with Crippen LogP contribution >= 0.6 is 0 Å². The van der Waals surface area contributed by atoms with Crippen molar-refractivity contribution in [2.75, 3.05) is 19.3 Å². The molecule has 1 aromatic carbocycles. The van der Waals surface area contributed by atoms with E-state index in [4.69, 9.17) is 5.73 Å². The Morgan fingerprint density at radius 1 is 1.29 bits per heavy atom. The van der Waals surface area contributed by atoms with E-state index in [-0.39, 0.29) is 22.5 Å². The largest absolute Gasteiger partial charge is 0.465 e. The van der Waals surface area contributed by atoms with Gasteiger partial charge in [0.1, 0.15) is 11.5 Å². The molecule has 0 saturated heterocycles. The number of carboxylic acid groups (broad SMARTS) is 1. The molecule has 28 heavy (non-hydrogen) atoms. The van der Waals surface area contributed by atoms with Crippen molar-refractivity contribution >= 4 is 23.5 Å². The number of hydrogen-bond donors (Lipinski definition) is 2. The molecule has 2 heterocycles. The van der Waals surface area contributed by atoms with Gasteiger partial charge in [-0.2, -0.15) is 0 Å². The zero-order valence-electron chi connectivity index (χ0n) is 16.7. The summed E-state index contributed by atoms with van der Waals surface area (Å²) in [5.74, 6) is 0.477. The van der Waals surface area contributed by atoms with Crippen LogP contribution in [0.1, 0.15) is 38.8 Å².